The molecule has 2 aromatic rings. The summed E-state index contributed by atoms with van der Waals surface area (Å²) >= 11 is 1.47. The number of hydrogen-bond donors (Lipinski definition) is 2. The van der Waals surface area contributed by atoms with Crippen LogP contribution >= 0.6 is 11.8 Å². The van der Waals surface area contributed by atoms with Crippen LogP contribution in [-0.2, 0) is 9.63 Å². The Morgan fingerprint density at radius 1 is 1.30 bits per heavy atom. The maximum atomic E-state index is 12.7. The smallest absolute Gasteiger partial charge is 0.320 e. The molecular weight excluding hydrogens is 402 g/mol. The van der Waals surface area contributed by atoms with E-state index >= 15 is 0 Å². The average Bonchev–Trinajstić information content (AvgIpc) is 3.22. The molecule has 0 aliphatic carbocycles. The summed E-state index contributed by atoms with van der Waals surface area (Å²) in [6, 6.07) is 15.5. The minimum absolute atomic E-state index is 0.0408. The fourth-order valence-corrected chi connectivity index (χ4v) is 3.95. The molecule has 30 heavy (non-hydrogen) atoms. The SMILES string of the molecule is N#Cc1ccc(C2=NO[C@@H](CC(=O)c3cccc(SCC[C@H](N)C(=O)O)c3)C2)cc1. The van der Waals surface area contributed by atoms with Crippen LogP contribution in [0.15, 0.2) is 58.6 Å². The molecule has 0 fully saturated rings. The lowest BCUT2D eigenvalue weighted by Gasteiger charge is -2.09. The normalized spacial score (nSPS) is 16.3. The van der Waals surface area contributed by atoms with E-state index in [1.54, 1.807) is 30.3 Å². The molecule has 8 heteroatoms. The lowest BCUT2D eigenvalue weighted by atomic mass is 9.99. The van der Waals surface area contributed by atoms with E-state index in [0.717, 1.165) is 16.2 Å². The van der Waals surface area contributed by atoms with Crippen molar-refractivity contribution in [2.24, 2.45) is 10.9 Å². The molecule has 1 heterocycles. The van der Waals surface area contributed by atoms with Crippen LogP contribution in [0, 0.1) is 11.3 Å². The highest BCUT2D eigenvalue weighted by molar-refractivity contribution is 7.99. The standard InChI is InChI=1S/C22H21N3O4S/c23-13-14-4-6-15(7-5-14)20-11-17(29-25-20)12-21(26)16-2-1-3-18(10-16)30-9-8-19(24)22(27)28/h1-7,10,17,19H,8-9,11-12,24H2,(H,27,28)/t17-,19+/m1/s1. The summed E-state index contributed by atoms with van der Waals surface area (Å²) in [5.41, 5.74) is 8.31. The number of benzene rings is 2. The molecule has 0 amide bonds. The summed E-state index contributed by atoms with van der Waals surface area (Å²) in [5, 5.41) is 21.8. The third kappa shape index (κ3) is 5.69. The van der Waals surface area contributed by atoms with Gasteiger partial charge in [0.2, 0.25) is 0 Å². The minimum atomic E-state index is -1.02. The minimum Gasteiger partial charge on any atom is -0.480 e. The van der Waals surface area contributed by atoms with Crippen molar-refractivity contribution in [3.8, 4) is 6.07 Å². The number of carboxylic acid groups (broad SMARTS) is 1. The molecule has 0 saturated heterocycles. The Labute approximate surface area is 178 Å². The van der Waals surface area contributed by atoms with Gasteiger partial charge in [0, 0.05) is 22.6 Å². The third-order valence-electron chi connectivity index (χ3n) is 4.66. The van der Waals surface area contributed by atoms with Gasteiger partial charge in [0.1, 0.15) is 12.1 Å². The highest BCUT2D eigenvalue weighted by atomic mass is 32.2. The number of Topliss-reactive ketones (excluding diaryl/α,β-unsaturated/α-hetero) is 1. The molecule has 0 radical (unpaired) electrons. The van der Waals surface area contributed by atoms with Gasteiger partial charge in [-0.25, -0.2) is 0 Å². The van der Waals surface area contributed by atoms with E-state index in [1.165, 1.54) is 11.8 Å². The molecule has 1 aliphatic heterocycles. The fourth-order valence-electron chi connectivity index (χ4n) is 2.96. The van der Waals surface area contributed by atoms with Gasteiger partial charge in [-0.2, -0.15) is 5.26 Å². The first-order chi connectivity index (χ1) is 14.5. The number of carboxylic acids is 1. The van der Waals surface area contributed by atoms with Gasteiger partial charge in [0.25, 0.3) is 0 Å². The first-order valence-electron chi connectivity index (χ1n) is 9.44. The highest BCUT2D eigenvalue weighted by Crippen LogP contribution is 2.24. The van der Waals surface area contributed by atoms with Crippen molar-refractivity contribution in [3.05, 3.63) is 65.2 Å². The number of aliphatic carboxylic acids is 1. The highest BCUT2D eigenvalue weighted by Gasteiger charge is 2.25. The Kier molecular flexibility index (Phi) is 7.22. The van der Waals surface area contributed by atoms with Crippen LogP contribution in [0.4, 0.5) is 0 Å². The van der Waals surface area contributed by atoms with Crippen molar-refractivity contribution in [2.45, 2.75) is 36.3 Å². The van der Waals surface area contributed by atoms with Crippen molar-refractivity contribution in [3.63, 3.8) is 0 Å². The van der Waals surface area contributed by atoms with Gasteiger partial charge in [0.05, 0.1) is 23.8 Å². The first-order valence-corrected chi connectivity index (χ1v) is 10.4. The van der Waals surface area contributed by atoms with Crippen molar-refractivity contribution in [1.82, 2.24) is 0 Å². The maximum Gasteiger partial charge on any atom is 0.320 e. The molecular formula is C22H21N3O4S. The summed E-state index contributed by atoms with van der Waals surface area (Å²) in [5.74, 6) is -0.502. The second-order valence-corrected chi connectivity index (χ2v) is 8.06. The van der Waals surface area contributed by atoms with E-state index in [1.807, 2.05) is 18.2 Å². The first kappa shape index (κ1) is 21.6. The Balaban J connectivity index is 1.52. The predicted octanol–water partition coefficient (Wildman–Crippen LogP) is 3.22. The quantitative estimate of drug-likeness (QED) is 0.468. The summed E-state index contributed by atoms with van der Waals surface area (Å²) in [4.78, 5) is 29.8. The summed E-state index contributed by atoms with van der Waals surface area (Å²) in [6.45, 7) is 0. The zero-order valence-corrected chi connectivity index (χ0v) is 17.0. The molecule has 2 aromatic carbocycles. The van der Waals surface area contributed by atoms with Crippen molar-refractivity contribution in [1.29, 1.82) is 5.26 Å². The summed E-state index contributed by atoms with van der Waals surface area (Å²) < 4.78 is 0. The average molecular weight is 423 g/mol. The van der Waals surface area contributed by atoms with E-state index in [4.69, 9.17) is 20.9 Å². The van der Waals surface area contributed by atoms with Gasteiger partial charge in [0.15, 0.2) is 5.78 Å². The zero-order valence-electron chi connectivity index (χ0n) is 16.2. The molecule has 7 nitrogen and oxygen atoms in total. The van der Waals surface area contributed by atoms with E-state index in [0.29, 0.717) is 29.7 Å². The van der Waals surface area contributed by atoms with Gasteiger partial charge in [-0.1, -0.05) is 29.4 Å². The van der Waals surface area contributed by atoms with E-state index in [2.05, 4.69) is 11.2 Å². The molecule has 2 atom stereocenters. The Morgan fingerprint density at radius 2 is 2.07 bits per heavy atom. The Bertz CT molecular complexity index is 998. The second kappa shape index (κ2) is 10.1. The molecule has 3 rings (SSSR count). The molecule has 0 unspecified atom stereocenters. The number of nitrogens with two attached hydrogens (primary N) is 1. The van der Waals surface area contributed by atoms with Gasteiger partial charge < -0.3 is 15.7 Å². The Hall–Kier alpha value is -3.15. The van der Waals surface area contributed by atoms with Crippen molar-refractivity contribution >= 4 is 29.2 Å². The molecule has 0 bridgehead atoms. The largest absolute Gasteiger partial charge is 0.480 e. The van der Waals surface area contributed by atoms with Gasteiger partial charge in [-0.15, -0.1) is 11.8 Å². The van der Waals surface area contributed by atoms with Crippen LogP contribution in [0.1, 0.15) is 40.7 Å². The maximum absolute atomic E-state index is 12.7. The number of rotatable bonds is 9. The second-order valence-electron chi connectivity index (χ2n) is 6.90. The number of nitriles is 1. The van der Waals surface area contributed by atoms with Gasteiger partial charge in [-0.05, 0) is 36.2 Å². The predicted molar refractivity (Wildman–Crippen MR) is 114 cm³/mol. The Morgan fingerprint density at radius 3 is 2.77 bits per heavy atom. The third-order valence-corrected chi connectivity index (χ3v) is 5.69. The number of carbonyl (C=O) groups excluding carboxylic acids is 1. The molecule has 1 aliphatic rings. The van der Waals surface area contributed by atoms with Crippen LogP contribution in [0.2, 0.25) is 0 Å². The molecule has 0 aromatic heterocycles. The number of oxime groups is 1. The lowest BCUT2D eigenvalue weighted by Crippen LogP contribution is -2.30. The monoisotopic (exact) mass is 423 g/mol. The zero-order chi connectivity index (χ0) is 21.5. The van der Waals surface area contributed by atoms with Gasteiger partial charge >= 0.3 is 5.97 Å². The van der Waals surface area contributed by atoms with E-state index in [-0.39, 0.29) is 18.3 Å². The molecule has 154 valence electrons. The van der Waals surface area contributed by atoms with Crippen LogP contribution in [0.3, 0.4) is 0 Å². The van der Waals surface area contributed by atoms with Crippen molar-refractivity contribution in [2.75, 3.05) is 5.75 Å². The molecule has 3 N–H and O–H groups in total. The molecule has 0 spiro atoms. The van der Waals surface area contributed by atoms with Crippen LogP contribution in [-0.4, -0.2) is 40.5 Å². The summed E-state index contributed by atoms with van der Waals surface area (Å²) in [6.07, 6.45) is 0.761. The summed E-state index contributed by atoms with van der Waals surface area (Å²) in [7, 11) is 0. The number of hydrogen-bond acceptors (Lipinski definition) is 7. The van der Waals surface area contributed by atoms with Gasteiger partial charge in [-0.3, -0.25) is 9.59 Å². The number of ketones is 1. The van der Waals surface area contributed by atoms with Crippen LogP contribution in [0.5, 0.6) is 0 Å². The number of thioether (sulfide) groups is 1. The fraction of sp³-hybridized carbons (Fsp3) is 0.273. The number of carbonyl (C=O) groups is 2. The van der Waals surface area contributed by atoms with E-state index in [9.17, 15) is 9.59 Å². The van der Waals surface area contributed by atoms with Crippen LogP contribution in [0.25, 0.3) is 0 Å². The van der Waals surface area contributed by atoms with E-state index < -0.39 is 12.0 Å². The molecule has 0 saturated carbocycles. The topological polar surface area (TPSA) is 126 Å². The lowest BCUT2D eigenvalue weighted by molar-refractivity contribution is -0.138. The van der Waals surface area contributed by atoms with Crippen LogP contribution < -0.4 is 5.73 Å². The van der Waals surface area contributed by atoms with Crippen molar-refractivity contribution < 1.29 is 19.5 Å². The number of nitrogens with zero attached hydrogens (tertiary/aromatic N) is 2.